The van der Waals surface area contributed by atoms with Crippen LogP contribution in [0.3, 0.4) is 0 Å². The van der Waals surface area contributed by atoms with Crippen LogP contribution in [0.1, 0.15) is 22.4 Å². The first kappa shape index (κ1) is 20.4. The minimum Gasteiger partial charge on any atom is -0.406 e. The molecule has 0 radical (unpaired) electrons. The van der Waals surface area contributed by atoms with Gasteiger partial charge >= 0.3 is 12.3 Å². The molecule has 0 aliphatic rings. The monoisotopic (exact) mass is 403 g/mol. The first-order valence-electron chi connectivity index (χ1n) is 8.98. The van der Waals surface area contributed by atoms with Crippen molar-refractivity contribution in [1.82, 2.24) is 15.1 Å². The number of ether oxygens (including phenoxy) is 1. The molecule has 3 aromatic rings. The molecular weight excluding hydrogens is 383 g/mol. The SMILES string of the molecule is Cc1ccc(CCNC(=O)Oc2cnn(-c3ccccc3)c2C(F)(F)F)c(C)c1. The summed E-state index contributed by atoms with van der Waals surface area (Å²) in [6, 6.07) is 13.8. The second-order valence-corrected chi connectivity index (χ2v) is 6.60. The minimum atomic E-state index is -4.75. The number of aryl methyl sites for hydroxylation is 2. The van der Waals surface area contributed by atoms with E-state index in [2.05, 4.69) is 10.4 Å². The van der Waals surface area contributed by atoms with E-state index in [-0.39, 0.29) is 12.2 Å². The lowest BCUT2D eigenvalue weighted by Crippen LogP contribution is -2.29. The number of amides is 1. The lowest BCUT2D eigenvalue weighted by atomic mass is 10.0. The van der Waals surface area contributed by atoms with E-state index in [1.165, 1.54) is 12.1 Å². The number of nitrogens with one attached hydrogen (secondary N) is 1. The van der Waals surface area contributed by atoms with Gasteiger partial charge in [0.25, 0.3) is 0 Å². The Morgan fingerprint density at radius 2 is 1.86 bits per heavy atom. The highest BCUT2D eigenvalue weighted by Crippen LogP contribution is 2.37. The molecule has 2 aromatic carbocycles. The van der Waals surface area contributed by atoms with Gasteiger partial charge in [-0.15, -0.1) is 0 Å². The van der Waals surface area contributed by atoms with E-state index in [0.717, 1.165) is 22.9 Å². The maximum atomic E-state index is 13.6. The zero-order valence-electron chi connectivity index (χ0n) is 16.0. The molecule has 0 bridgehead atoms. The topological polar surface area (TPSA) is 56.1 Å². The van der Waals surface area contributed by atoms with E-state index in [9.17, 15) is 18.0 Å². The molecular formula is C21H20F3N3O2. The number of rotatable bonds is 5. The van der Waals surface area contributed by atoms with Crippen molar-refractivity contribution in [1.29, 1.82) is 0 Å². The quantitative estimate of drug-likeness (QED) is 0.663. The summed E-state index contributed by atoms with van der Waals surface area (Å²) in [6.07, 6.45) is -4.29. The van der Waals surface area contributed by atoms with Gasteiger partial charge in [0.15, 0.2) is 11.4 Å². The summed E-state index contributed by atoms with van der Waals surface area (Å²) in [5.41, 5.74) is 2.33. The largest absolute Gasteiger partial charge is 0.437 e. The standard InChI is InChI=1S/C21H20F3N3O2/c1-14-8-9-16(15(2)12-14)10-11-25-20(28)29-18-13-26-27(19(18)21(22,23)24)17-6-4-3-5-7-17/h3-9,12-13H,10-11H2,1-2H3,(H,25,28). The second kappa shape index (κ2) is 8.38. The van der Waals surface area contributed by atoms with Crippen LogP contribution in [0.2, 0.25) is 0 Å². The van der Waals surface area contributed by atoms with Crippen LogP contribution in [-0.2, 0) is 12.6 Å². The van der Waals surface area contributed by atoms with Crippen molar-refractivity contribution >= 4 is 6.09 Å². The fourth-order valence-corrected chi connectivity index (χ4v) is 2.99. The molecule has 152 valence electrons. The minimum absolute atomic E-state index is 0.213. The van der Waals surface area contributed by atoms with Crippen molar-refractivity contribution in [3.05, 3.63) is 77.1 Å². The molecule has 0 saturated carbocycles. The Kier molecular flexibility index (Phi) is 5.91. The third kappa shape index (κ3) is 4.96. The van der Waals surface area contributed by atoms with Gasteiger partial charge in [-0.3, -0.25) is 0 Å². The summed E-state index contributed by atoms with van der Waals surface area (Å²) in [5.74, 6) is -0.648. The van der Waals surface area contributed by atoms with Crippen molar-refractivity contribution in [2.45, 2.75) is 26.4 Å². The first-order chi connectivity index (χ1) is 13.8. The average molecular weight is 403 g/mol. The highest BCUT2D eigenvalue weighted by atomic mass is 19.4. The highest BCUT2D eigenvalue weighted by Gasteiger charge is 2.40. The summed E-state index contributed by atoms with van der Waals surface area (Å²) >= 11 is 0. The smallest absolute Gasteiger partial charge is 0.406 e. The van der Waals surface area contributed by atoms with E-state index in [4.69, 9.17) is 4.74 Å². The van der Waals surface area contributed by atoms with Crippen LogP contribution in [0.5, 0.6) is 5.75 Å². The normalized spacial score (nSPS) is 11.3. The Labute approximate surface area is 166 Å². The van der Waals surface area contributed by atoms with Crippen molar-refractivity contribution in [2.24, 2.45) is 0 Å². The Morgan fingerprint density at radius 3 is 2.52 bits per heavy atom. The van der Waals surface area contributed by atoms with Crippen LogP contribution in [0.4, 0.5) is 18.0 Å². The molecule has 0 aliphatic carbocycles. The van der Waals surface area contributed by atoms with Crippen LogP contribution in [0.25, 0.3) is 5.69 Å². The molecule has 0 spiro atoms. The van der Waals surface area contributed by atoms with E-state index in [1.807, 2.05) is 32.0 Å². The molecule has 1 heterocycles. The van der Waals surface area contributed by atoms with Crippen LogP contribution < -0.4 is 10.1 Å². The molecule has 0 saturated heterocycles. The Balaban J connectivity index is 1.69. The number of para-hydroxylation sites is 1. The van der Waals surface area contributed by atoms with Gasteiger partial charge in [-0.25, -0.2) is 9.48 Å². The van der Waals surface area contributed by atoms with Crippen molar-refractivity contribution in [2.75, 3.05) is 6.54 Å². The van der Waals surface area contributed by atoms with Crippen molar-refractivity contribution < 1.29 is 22.7 Å². The number of alkyl halides is 3. The number of halogens is 3. The van der Waals surface area contributed by atoms with Crippen LogP contribution >= 0.6 is 0 Å². The maximum absolute atomic E-state index is 13.6. The summed E-state index contributed by atoms with van der Waals surface area (Å²) in [6.45, 7) is 4.19. The predicted octanol–water partition coefficient (Wildman–Crippen LogP) is 4.84. The number of carbonyl (C=O) groups is 1. The molecule has 5 nitrogen and oxygen atoms in total. The van der Waals surface area contributed by atoms with Gasteiger partial charge < -0.3 is 10.1 Å². The first-order valence-corrected chi connectivity index (χ1v) is 8.98. The maximum Gasteiger partial charge on any atom is 0.437 e. The number of nitrogens with zero attached hydrogens (tertiary/aromatic N) is 2. The number of carbonyl (C=O) groups excluding carboxylic acids is 1. The summed E-state index contributed by atoms with van der Waals surface area (Å²) in [7, 11) is 0. The van der Waals surface area contributed by atoms with Gasteiger partial charge in [0.2, 0.25) is 0 Å². The molecule has 3 rings (SSSR count). The molecule has 0 aliphatic heterocycles. The second-order valence-electron chi connectivity index (χ2n) is 6.60. The zero-order chi connectivity index (χ0) is 21.0. The van der Waals surface area contributed by atoms with Gasteiger partial charge in [0, 0.05) is 6.54 Å². The van der Waals surface area contributed by atoms with E-state index in [1.54, 1.807) is 18.2 Å². The average Bonchev–Trinajstić information content (AvgIpc) is 3.08. The van der Waals surface area contributed by atoms with Crippen LogP contribution in [-0.4, -0.2) is 22.4 Å². The van der Waals surface area contributed by atoms with E-state index < -0.39 is 23.7 Å². The molecule has 8 heteroatoms. The number of hydrogen-bond donors (Lipinski definition) is 1. The molecule has 0 unspecified atom stereocenters. The number of aromatic nitrogens is 2. The van der Waals surface area contributed by atoms with E-state index in [0.29, 0.717) is 11.1 Å². The Bertz CT molecular complexity index is 998. The predicted molar refractivity (Wildman–Crippen MR) is 102 cm³/mol. The number of benzene rings is 2. The molecule has 29 heavy (non-hydrogen) atoms. The fraction of sp³-hybridized carbons (Fsp3) is 0.238. The molecule has 1 N–H and O–H groups in total. The van der Waals surface area contributed by atoms with Gasteiger partial charge in [-0.1, -0.05) is 42.0 Å². The summed E-state index contributed by atoms with van der Waals surface area (Å²) < 4.78 is 46.3. The van der Waals surface area contributed by atoms with Gasteiger partial charge in [-0.2, -0.15) is 18.3 Å². The van der Waals surface area contributed by atoms with Gasteiger partial charge in [0.1, 0.15) is 0 Å². The molecule has 0 fully saturated rings. The summed E-state index contributed by atoms with van der Waals surface area (Å²) in [4.78, 5) is 12.0. The Hall–Kier alpha value is -3.29. The van der Waals surface area contributed by atoms with Gasteiger partial charge in [-0.05, 0) is 43.5 Å². The molecule has 0 atom stereocenters. The van der Waals surface area contributed by atoms with Crippen molar-refractivity contribution in [3.63, 3.8) is 0 Å². The molecule has 1 amide bonds. The lowest BCUT2D eigenvalue weighted by Gasteiger charge is -2.13. The van der Waals surface area contributed by atoms with Gasteiger partial charge in [0.05, 0.1) is 11.9 Å². The zero-order valence-corrected chi connectivity index (χ0v) is 16.0. The summed E-state index contributed by atoms with van der Waals surface area (Å²) in [5, 5.41) is 6.23. The lowest BCUT2D eigenvalue weighted by molar-refractivity contribution is -0.143. The van der Waals surface area contributed by atoms with Crippen LogP contribution in [0, 0.1) is 13.8 Å². The van der Waals surface area contributed by atoms with Crippen molar-refractivity contribution in [3.8, 4) is 11.4 Å². The van der Waals surface area contributed by atoms with E-state index >= 15 is 0 Å². The van der Waals surface area contributed by atoms with Crippen LogP contribution in [0.15, 0.2) is 54.7 Å². The third-order valence-electron chi connectivity index (χ3n) is 4.37. The number of hydrogen-bond acceptors (Lipinski definition) is 3. The Morgan fingerprint density at radius 1 is 1.14 bits per heavy atom. The highest BCUT2D eigenvalue weighted by molar-refractivity contribution is 5.70. The molecule has 1 aromatic heterocycles. The fourth-order valence-electron chi connectivity index (χ4n) is 2.99. The third-order valence-corrected chi connectivity index (χ3v) is 4.37.